The summed E-state index contributed by atoms with van der Waals surface area (Å²) in [5.74, 6) is 0.348. The first-order chi connectivity index (χ1) is 17.6. The SMILES string of the molecule is COc1ccc(C(=O)NCCCNC(=O)C(Cc2ccccc2)NC(=O)OC(C)(C)C)c(OC)c1OC. The minimum atomic E-state index is -0.817. The van der Waals surface area contributed by atoms with E-state index in [4.69, 9.17) is 18.9 Å². The van der Waals surface area contributed by atoms with Crippen molar-refractivity contribution in [3.05, 3.63) is 53.6 Å². The number of nitrogens with one attached hydrogen (secondary N) is 3. The van der Waals surface area contributed by atoms with Crippen molar-refractivity contribution in [2.75, 3.05) is 34.4 Å². The molecule has 0 aromatic heterocycles. The molecule has 2 rings (SSSR count). The molecule has 37 heavy (non-hydrogen) atoms. The maximum atomic E-state index is 12.9. The Hall–Kier alpha value is -3.95. The molecule has 0 heterocycles. The summed E-state index contributed by atoms with van der Waals surface area (Å²) in [6.07, 6.45) is 0.110. The Kier molecular flexibility index (Phi) is 11.0. The Bertz CT molecular complexity index is 1050. The van der Waals surface area contributed by atoms with E-state index in [1.54, 1.807) is 32.9 Å². The van der Waals surface area contributed by atoms with Gasteiger partial charge in [0.25, 0.3) is 5.91 Å². The number of hydrogen-bond acceptors (Lipinski definition) is 7. The van der Waals surface area contributed by atoms with E-state index in [-0.39, 0.29) is 17.6 Å². The molecule has 10 nitrogen and oxygen atoms in total. The average molecular weight is 516 g/mol. The molecule has 1 atom stereocenters. The van der Waals surface area contributed by atoms with Gasteiger partial charge in [-0.05, 0) is 44.9 Å². The third-order valence-corrected chi connectivity index (χ3v) is 5.18. The normalized spacial score (nSPS) is 11.6. The first kappa shape index (κ1) is 29.3. The molecule has 2 aromatic rings. The second-order valence-corrected chi connectivity index (χ2v) is 9.17. The molecule has 0 saturated heterocycles. The van der Waals surface area contributed by atoms with Gasteiger partial charge in [-0.15, -0.1) is 0 Å². The zero-order chi connectivity index (χ0) is 27.4. The molecule has 10 heteroatoms. The van der Waals surface area contributed by atoms with E-state index >= 15 is 0 Å². The van der Waals surface area contributed by atoms with Gasteiger partial charge in [-0.3, -0.25) is 9.59 Å². The van der Waals surface area contributed by atoms with Crippen LogP contribution in [0, 0.1) is 0 Å². The van der Waals surface area contributed by atoms with Crippen molar-refractivity contribution in [3.63, 3.8) is 0 Å². The first-order valence-electron chi connectivity index (χ1n) is 12.0. The summed E-state index contributed by atoms with van der Waals surface area (Å²) >= 11 is 0. The second kappa shape index (κ2) is 14.0. The summed E-state index contributed by atoms with van der Waals surface area (Å²) in [7, 11) is 4.41. The van der Waals surface area contributed by atoms with Crippen LogP contribution < -0.4 is 30.2 Å². The molecule has 0 saturated carbocycles. The molecule has 0 radical (unpaired) electrons. The van der Waals surface area contributed by atoms with Gasteiger partial charge < -0.3 is 34.9 Å². The van der Waals surface area contributed by atoms with E-state index in [9.17, 15) is 14.4 Å². The van der Waals surface area contributed by atoms with Gasteiger partial charge >= 0.3 is 6.09 Å². The van der Waals surface area contributed by atoms with Crippen molar-refractivity contribution < 1.29 is 33.3 Å². The second-order valence-electron chi connectivity index (χ2n) is 9.17. The number of carbonyl (C=O) groups excluding carboxylic acids is 3. The fraction of sp³-hybridized carbons (Fsp3) is 0.444. The summed E-state index contributed by atoms with van der Waals surface area (Å²) in [4.78, 5) is 37.9. The lowest BCUT2D eigenvalue weighted by atomic mass is 10.1. The third kappa shape index (κ3) is 9.21. The summed E-state index contributed by atoms with van der Waals surface area (Å²) in [5, 5.41) is 8.28. The average Bonchev–Trinajstić information content (AvgIpc) is 2.86. The number of benzene rings is 2. The van der Waals surface area contributed by atoms with E-state index in [0.29, 0.717) is 43.0 Å². The lowest BCUT2D eigenvalue weighted by molar-refractivity contribution is -0.123. The van der Waals surface area contributed by atoms with Crippen LogP contribution >= 0.6 is 0 Å². The standard InChI is InChI=1S/C27H37N3O7/c1-27(2,3)37-26(33)30-20(17-18-11-8-7-9-12-18)25(32)29-16-10-15-28-24(31)19-13-14-21(34-4)23(36-6)22(19)35-5/h7-9,11-14,20H,10,15-17H2,1-6H3,(H,28,31)(H,29,32)(H,30,33). The van der Waals surface area contributed by atoms with Gasteiger partial charge in [0.15, 0.2) is 11.5 Å². The van der Waals surface area contributed by atoms with E-state index in [1.807, 2.05) is 30.3 Å². The van der Waals surface area contributed by atoms with Crippen LogP contribution in [-0.2, 0) is 16.0 Å². The van der Waals surface area contributed by atoms with Crippen molar-refractivity contribution in [3.8, 4) is 17.2 Å². The van der Waals surface area contributed by atoms with Crippen molar-refractivity contribution in [2.45, 2.75) is 45.3 Å². The lowest BCUT2D eigenvalue weighted by Crippen LogP contribution is -2.49. The number of hydrogen-bond donors (Lipinski definition) is 3. The number of alkyl carbamates (subject to hydrolysis) is 1. The third-order valence-electron chi connectivity index (χ3n) is 5.18. The van der Waals surface area contributed by atoms with Crippen LogP contribution in [0.3, 0.4) is 0 Å². The van der Waals surface area contributed by atoms with Crippen LogP contribution in [0.5, 0.6) is 17.2 Å². The van der Waals surface area contributed by atoms with Crippen molar-refractivity contribution in [1.29, 1.82) is 0 Å². The van der Waals surface area contributed by atoms with Gasteiger partial charge in [0, 0.05) is 19.5 Å². The number of amides is 3. The molecule has 202 valence electrons. The largest absolute Gasteiger partial charge is 0.493 e. The Morgan fingerprint density at radius 3 is 2.08 bits per heavy atom. The Morgan fingerprint density at radius 2 is 1.49 bits per heavy atom. The van der Waals surface area contributed by atoms with E-state index in [2.05, 4.69) is 16.0 Å². The van der Waals surface area contributed by atoms with Crippen molar-refractivity contribution in [2.24, 2.45) is 0 Å². The summed E-state index contributed by atoms with van der Waals surface area (Å²) in [6, 6.07) is 11.8. The van der Waals surface area contributed by atoms with Crippen LogP contribution in [0.25, 0.3) is 0 Å². The van der Waals surface area contributed by atoms with Crippen LogP contribution in [0.1, 0.15) is 43.1 Å². The lowest BCUT2D eigenvalue weighted by Gasteiger charge is -2.23. The summed E-state index contributed by atoms with van der Waals surface area (Å²) < 4.78 is 21.2. The van der Waals surface area contributed by atoms with Gasteiger partial charge in [0.2, 0.25) is 11.7 Å². The Morgan fingerprint density at radius 1 is 0.838 bits per heavy atom. The van der Waals surface area contributed by atoms with Crippen LogP contribution in [0.15, 0.2) is 42.5 Å². The highest BCUT2D eigenvalue weighted by Crippen LogP contribution is 2.39. The molecule has 1 unspecified atom stereocenters. The molecule has 0 fully saturated rings. The fourth-order valence-corrected chi connectivity index (χ4v) is 3.51. The molecule has 3 amide bonds. The van der Waals surface area contributed by atoms with E-state index in [1.165, 1.54) is 21.3 Å². The predicted molar refractivity (Wildman–Crippen MR) is 139 cm³/mol. The van der Waals surface area contributed by atoms with Gasteiger partial charge in [0.05, 0.1) is 26.9 Å². The highest BCUT2D eigenvalue weighted by atomic mass is 16.6. The predicted octanol–water partition coefficient (Wildman–Crippen LogP) is 3.08. The molecule has 0 bridgehead atoms. The number of methoxy groups -OCH3 is 3. The van der Waals surface area contributed by atoms with Gasteiger partial charge in [-0.25, -0.2) is 4.79 Å². The Labute approximate surface area is 218 Å². The van der Waals surface area contributed by atoms with Crippen molar-refractivity contribution in [1.82, 2.24) is 16.0 Å². The molecule has 2 aromatic carbocycles. The quantitative estimate of drug-likeness (QED) is 0.371. The van der Waals surface area contributed by atoms with E-state index in [0.717, 1.165) is 5.56 Å². The first-order valence-corrected chi connectivity index (χ1v) is 12.0. The number of rotatable bonds is 12. The minimum absolute atomic E-state index is 0.268. The van der Waals surface area contributed by atoms with Crippen molar-refractivity contribution >= 4 is 17.9 Å². The highest BCUT2D eigenvalue weighted by molar-refractivity contribution is 5.98. The Balaban J connectivity index is 1.92. The zero-order valence-corrected chi connectivity index (χ0v) is 22.3. The zero-order valence-electron chi connectivity index (χ0n) is 22.3. The fourth-order valence-electron chi connectivity index (χ4n) is 3.51. The van der Waals surface area contributed by atoms with Gasteiger partial charge in [-0.2, -0.15) is 0 Å². The van der Waals surface area contributed by atoms with Gasteiger partial charge in [-0.1, -0.05) is 30.3 Å². The summed E-state index contributed by atoms with van der Waals surface area (Å²) in [5.41, 5.74) is 0.510. The molecular weight excluding hydrogens is 478 g/mol. The van der Waals surface area contributed by atoms with Crippen LogP contribution in [0.4, 0.5) is 4.79 Å². The molecule has 0 aliphatic rings. The van der Waals surface area contributed by atoms with Gasteiger partial charge in [0.1, 0.15) is 11.6 Å². The smallest absolute Gasteiger partial charge is 0.408 e. The molecule has 0 aliphatic carbocycles. The van der Waals surface area contributed by atoms with Crippen LogP contribution in [-0.4, -0.2) is 64.0 Å². The van der Waals surface area contributed by atoms with Crippen LogP contribution in [0.2, 0.25) is 0 Å². The molecule has 0 aliphatic heterocycles. The molecule has 3 N–H and O–H groups in total. The van der Waals surface area contributed by atoms with E-state index < -0.39 is 17.7 Å². The summed E-state index contributed by atoms with van der Waals surface area (Å²) in [6.45, 7) is 5.86. The maximum absolute atomic E-state index is 12.9. The monoisotopic (exact) mass is 515 g/mol. The molecular formula is C27H37N3O7. The minimum Gasteiger partial charge on any atom is -0.493 e. The maximum Gasteiger partial charge on any atom is 0.408 e. The molecule has 0 spiro atoms. The number of ether oxygens (including phenoxy) is 4. The topological polar surface area (TPSA) is 124 Å². The highest BCUT2D eigenvalue weighted by Gasteiger charge is 2.25. The number of carbonyl (C=O) groups is 3.